The van der Waals surface area contributed by atoms with Gasteiger partial charge < -0.3 is 9.72 Å². The minimum Gasteiger partial charge on any atom is -0.443 e. The number of nitrogens with zero attached hydrogens (tertiary/aromatic N) is 2. The van der Waals surface area contributed by atoms with Crippen LogP contribution in [0.4, 0.5) is 13.6 Å². The number of benzene rings is 1. The summed E-state index contributed by atoms with van der Waals surface area (Å²) in [7, 11) is 0. The van der Waals surface area contributed by atoms with Gasteiger partial charge in [0.2, 0.25) is 0 Å². The standard InChI is InChI=1S/C33H45F2N3O2/c1-8-25-20-24(16-14-12-10-9-11-13-15-19-31(2,3)4)17-18-26(25)27-22-36-29(37-27)28-21-33(34,35)23-38(28)30(39)40-32(5,6)7/h1,17-18,20-22H,9-16,19,23H2,2-7H3,(H,36,37). The minimum atomic E-state index is -3.18. The Kier molecular flexibility index (Phi) is 10.2. The number of alkyl halides is 2. The van der Waals surface area contributed by atoms with Gasteiger partial charge in [-0.15, -0.1) is 6.42 Å². The molecule has 2 aromatic rings. The van der Waals surface area contributed by atoms with Crippen LogP contribution in [0.2, 0.25) is 0 Å². The Bertz CT molecular complexity index is 1230. The van der Waals surface area contributed by atoms with Gasteiger partial charge in [0.15, 0.2) is 5.82 Å². The van der Waals surface area contributed by atoms with Gasteiger partial charge in [0.05, 0.1) is 24.1 Å². The molecule has 1 aromatic carbocycles. The summed E-state index contributed by atoms with van der Waals surface area (Å²) >= 11 is 0. The van der Waals surface area contributed by atoms with Crippen LogP contribution < -0.4 is 0 Å². The molecule has 0 atom stereocenters. The Morgan fingerprint density at radius 2 is 1.73 bits per heavy atom. The van der Waals surface area contributed by atoms with Crippen LogP contribution in [0.25, 0.3) is 17.0 Å². The van der Waals surface area contributed by atoms with E-state index in [-0.39, 0.29) is 11.5 Å². The molecule has 0 bridgehead atoms. The van der Waals surface area contributed by atoms with Crippen molar-refractivity contribution in [3.8, 4) is 23.6 Å². The summed E-state index contributed by atoms with van der Waals surface area (Å²) in [4.78, 5) is 20.9. The zero-order chi connectivity index (χ0) is 29.6. The van der Waals surface area contributed by atoms with E-state index in [2.05, 4.69) is 42.7 Å². The number of H-pyrrole nitrogens is 1. The zero-order valence-electron chi connectivity index (χ0n) is 25.0. The average Bonchev–Trinajstić information content (AvgIpc) is 3.45. The average molecular weight is 554 g/mol. The molecule has 0 fully saturated rings. The second-order valence-corrected chi connectivity index (χ2v) is 13.1. The van der Waals surface area contributed by atoms with Crippen molar-refractivity contribution in [2.45, 2.75) is 111 Å². The second kappa shape index (κ2) is 13.0. The fourth-order valence-corrected chi connectivity index (χ4v) is 4.85. The number of aromatic nitrogens is 2. The molecule has 7 heteroatoms. The van der Waals surface area contributed by atoms with Crippen LogP contribution in [0.1, 0.15) is 110 Å². The maximum absolute atomic E-state index is 14.3. The quantitative estimate of drug-likeness (QED) is 0.223. The van der Waals surface area contributed by atoms with Crippen LogP contribution in [0, 0.1) is 17.8 Å². The third kappa shape index (κ3) is 9.50. The first-order valence-corrected chi connectivity index (χ1v) is 14.4. The highest BCUT2D eigenvalue weighted by Crippen LogP contribution is 2.35. The number of amides is 1. The monoisotopic (exact) mass is 553 g/mol. The van der Waals surface area contributed by atoms with E-state index in [1.165, 1.54) is 50.5 Å². The summed E-state index contributed by atoms with van der Waals surface area (Å²) in [5, 5.41) is 0. The molecule has 2 heterocycles. The third-order valence-corrected chi connectivity index (χ3v) is 6.86. The maximum atomic E-state index is 14.3. The fraction of sp³-hybridized carbons (Fsp3) is 0.576. The summed E-state index contributed by atoms with van der Waals surface area (Å²) in [6.07, 6.45) is 18.3. The van der Waals surface area contributed by atoms with Crippen LogP contribution in [-0.2, 0) is 11.2 Å². The molecule has 1 N–H and O–H groups in total. The van der Waals surface area contributed by atoms with Crippen LogP contribution in [-0.4, -0.2) is 39.0 Å². The van der Waals surface area contributed by atoms with Gasteiger partial charge in [0.1, 0.15) is 5.60 Å². The lowest BCUT2D eigenvalue weighted by Gasteiger charge is -2.25. The summed E-state index contributed by atoms with van der Waals surface area (Å²) in [6, 6.07) is 6.01. The number of aromatic amines is 1. The molecule has 1 aliphatic rings. The Hall–Kier alpha value is -3.14. The number of aryl methyl sites for hydroxylation is 1. The molecular formula is C33H45F2N3O2. The molecule has 3 rings (SSSR count). The van der Waals surface area contributed by atoms with Crippen molar-refractivity contribution in [2.75, 3.05) is 6.54 Å². The van der Waals surface area contributed by atoms with E-state index in [0.717, 1.165) is 29.4 Å². The number of hydrogen-bond acceptors (Lipinski definition) is 3. The Labute approximate surface area is 238 Å². The molecule has 1 amide bonds. The van der Waals surface area contributed by atoms with E-state index in [1.54, 1.807) is 27.0 Å². The molecule has 40 heavy (non-hydrogen) atoms. The van der Waals surface area contributed by atoms with Gasteiger partial charge in [0.25, 0.3) is 5.92 Å². The number of nitrogens with one attached hydrogen (secondary N) is 1. The van der Waals surface area contributed by atoms with Crippen LogP contribution in [0.3, 0.4) is 0 Å². The number of carbonyl (C=O) groups excluding carboxylic acids is 1. The molecular weight excluding hydrogens is 508 g/mol. The Morgan fingerprint density at radius 1 is 1.07 bits per heavy atom. The molecule has 5 nitrogen and oxygen atoms in total. The van der Waals surface area contributed by atoms with E-state index in [4.69, 9.17) is 11.2 Å². The summed E-state index contributed by atoms with van der Waals surface area (Å²) < 4.78 is 33.9. The lowest BCUT2D eigenvalue weighted by Crippen LogP contribution is -2.37. The van der Waals surface area contributed by atoms with E-state index < -0.39 is 24.2 Å². The minimum absolute atomic E-state index is 0.0152. The number of halogens is 2. The number of imidazole rings is 1. The van der Waals surface area contributed by atoms with Gasteiger partial charge >= 0.3 is 6.09 Å². The summed E-state index contributed by atoms with van der Waals surface area (Å²) in [6.45, 7) is 11.2. The lowest BCUT2D eigenvalue weighted by molar-refractivity contribution is 0.0116. The van der Waals surface area contributed by atoms with Crippen molar-refractivity contribution < 1.29 is 18.3 Å². The van der Waals surface area contributed by atoms with Gasteiger partial charge in [-0.05, 0) is 57.1 Å². The van der Waals surface area contributed by atoms with E-state index >= 15 is 0 Å². The molecule has 0 unspecified atom stereocenters. The van der Waals surface area contributed by atoms with Crippen LogP contribution >= 0.6 is 0 Å². The van der Waals surface area contributed by atoms with Crippen molar-refractivity contribution >= 4 is 11.8 Å². The number of unbranched alkanes of at least 4 members (excludes halogenated alkanes) is 6. The number of hydrogen-bond donors (Lipinski definition) is 1. The van der Waals surface area contributed by atoms with Crippen molar-refractivity contribution in [3.05, 3.63) is 47.4 Å². The highest BCUT2D eigenvalue weighted by molar-refractivity contribution is 5.83. The summed E-state index contributed by atoms with van der Waals surface area (Å²) in [5.41, 5.74) is 2.84. The highest BCUT2D eigenvalue weighted by Gasteiger charge is 2.43. The van der Waals surface area contributed by atoms with Crippen molar-refractivity contribution in [3.63, 3.8) is 0 Å². The van der Waals surface area contributed by atoms with Gasteiger partial charge in [-0.25, -0.2) is 9.78 Å². The van der Waals surface area contributed by atoms with Crippen molar-refractivity contribution in [2.24, 2.45) is 5.41 Å². The molecule has 1 aliphatic heterocycles. The fourth-order valence-electron chi connectivity index (χ4n) is 4.85. The molecule has 0 spiro atoms. The molecule has 0 aliphatic carbocycles. The molecule has 218 valence electrons. The molecule has 1 aromatic heterocycles. The molecule has 0 radical (unpaired) electrons. The number of terminal acetylenes is 1. The smallest absolute Gasteiger partial charge is 0.415 e. The Balaban J connectivity index is 1.59. The first kappa shape index (κ1) is 31.4. The first-order valence-electron chi connectivity index (χ1n) is 14.4. The number of carbonyl (C=O) groups is 1. The van der Waals surface area contributed by atoms with Gasteiger partial charge in [-0.1, -0.05) is 77.3 Å². The SMILES string of the molecule is C#Cc1cc(CCCCCCCCCC(C)(C)C)ccc1-c1cnc(C2=CC(F)(F)CN2C(=O)OC(C)(C)C)[nH]1. The Morgan fingerprint density at radius 3 is 2.35 bits per heavy atom. The first-order chi connectivity index (χ1) is 18.7. The number of ether oxygens (including phenoxy) is 1. The predicted octanol–water partition coefficient (Wildman–Crippen LogP) is 8.99. The van der Waals surface area contributed by atoms with Gasteiger partial charge in [0, 0.05) is 17.2 Å². The molecule has 0 saturated carbocycles. The van der Waals surface area contributed by atoms with Crippen molar-refractivity contribution in [1.29, 1.82) is 0 Å². The van der Waals surface area contributed by atoms with Crippen LogP contribution in [0.15, 0.2) is 30.5 Å². The zero-order valence-corrected chi connectivity index (χ0v) is 25.0. The second-order valence-electron chi connectivity index (χ2n) is 13.1. The van der Waals surface area contributed by atoms with E-state index in [1.807, 2.05) is 12.1 Å². The van der Waals surface area contributed by atoms with Crippen molar-refractivity contribution in [1.82, 2.24) is 14.9 Å². The van der Waals surface area contributed by atoms with Gasteiger partial charge in [-0.3, -0.25) is 4.90 Å². The van der Waals surface area contributed by atoms with E-state index in [9.17, 15) is 13.6 Å². The third-order valence-electron chi connectivity index (χ3n) is 6.86. The molecule has 0 saturated heterocycles. The number of rotatable bonds is 11. The summed E-state index contributed by atoms with van der Waals surface area (Å²) in [5.74, 6) is -0.275. The maximum Gasteiger partial charge on any atom is 0.415 e. The lowest BCUT2D eigenvalue weighted by atomic mass is 9.89. The predicted molar refractivity (Wildman–Crippen MR) is 158 cm³/mol. The van der Waals surface area contributed by atoms with E-state index in [0.29, 0.717) is 16.7 Å². The van der Waals surface area contributed by atoms with Crippen LogP contribution in [0.5, 0.6) is 0 Å². The highest BCUT2D eigenvalue weighted by atomic mass is 19.3. The van der Waals surface area contributed by atoms with Gasteiger partial charge in [-0.2, -0.15) is 8.78 Å². The topological polar surface area (TPSA) is 58.2 Å². The normalized spacial score (nSPS) is 15.2. The largest absolute Gasteiger partial charge is 0.443 e.